The first kappa shape index (κ1) is 19.4. The molecular formula is C24H19BrN6. The van der Waals surface area contributed by atoms with E-state index < -0.39 is 0 Å². The van der Waals surface area contributed by atoms with E-state index in [1.54, 1.807) is 0 Å². The van der Waals surface area contributed by atoms with Crippen molar-refractivity contribution >= 4 is 49.7 Å². The second-order valence-corrected chi connectivity index (χ2v) is 8.20. The van der Waals surface area contributed by atoms with Crippen LogP contribution >= 0.6 is 15.9 Å². The summed E-state index contributed by atoms with van der Waals surface area (Å²) in [5.41, 5.74) is 9.74. The summed E-state index contributed by atoms with van der Waals surface area (Å²) in [7, 11) is 1.97. The van der Waals surface area contributed by atoms with Crippen LogP contribution in [0.1, 0.15) is 12.5 Å². The van der Waals surface area contributed by atoms with Crippen LogP contribution in [0.25, 0.3) is 33.2 Å². The molecule has 0 fully saturated rings. The maximum atomic E-state index is 4.62. The summed E-state index contributed by atoms with van der Waals surface area (Å²) in [6, 6.07) is 24.7. The number of benzene rings is 3. The highest BCUT2D eigenvalue weighted by Gasteiger charge is 2.13. The number of fused-ring (bicyclic) bond motifs is 3. The predicted molar refractivity (Wildman–Crippen MR) is 129 cm³/mol. The third-order valence-electron chi connectivity index (χ3n) is 5.29. The summed E-state index contributed by atoms with van der Waals surface area (Å²) in [4.78, 5) is 4.62. The van der Waals surface area contributed by atoms with Crippen molar-refractivity contribution in [3.8, 4) is 11.1 Å². The van der Waals surface area contributed by atoms with Crippen LogP contribution < -0.4 is 5.43 Å². The molecule has 152 valence electrons. The number of aryl methyl sites for hydroxylation is 1. The fourth-order valence-corrected chi connectivity index (χ4v) is 3.97. The molecule has 7 heteroatoms. The number of hydrogen-bond donors (Lipinski definition) is 1. The number of rotatable bonds is 4. The first-order chi connectivity index (χ1) is 15.1. The molecule has 0 atom stereocenters. The Hall–Kier alpha value is -3.58. The lowest BCUT2D eigenvalue weighted by Crippen LogP contribution is -2.04. The van der Waals surface area contributed by atoms with E-state index in [4.69, 9.17) is 0 Å². The van der Waals surface area contributed by atoms with Gasteiger partial charge in [0, 0.05) is 16.9 Å². The minimum absolute atomic E-state index is 0.359. The first-order valence-corrected chi connectivity index (χ1v) is 10.6. The van der Waals surface area contributed by atoms with Gasteiger partial charge in [0.05, 0.1) is 11.2 Å². The number of nitrogens with one attached hydrogen (secondary N) is 1. The molecule has 6 nitrogen and oxygen atoms in total. The van der Waals surface area contributed by atoms with Gasteiger partial charge in [0.1, 0.15) is 5.52 Å². The zero-order valence-electron chi connectivity index (χ0n) is 17.0. The van der Waals surface area contributed by atoms with Gasteiger partial charge in [0.2, 0.25) is 0 Å². The largest absolute Gasteiger partial charge is 0.327 e. The lowest BCUT2D eigenvalue weighted by molar-refractivity contribution is 0.949. The molecule has 5 rings (SSSR count). The zero-order valence-corrected chi connectivity index (χ0v) is 18.6. The van der Waals surface area contributed by atoms with Gasteiger partial charge in [-0.15, -0.1) is 10.2 Å². The summed E-state index contributed by atoms with van der Waals surface area (Å²) in [5, 5.41) is 14.1. The minimum Gasteiger partial charge on any atom is -0.327 e. The Labute approximate surface area is 187 Å². The molecule has 2 aromatic heterocycles. The van der Waals surface area contributed by atoms with Crippen LogP contribution in [0.3, 0.4) is 0 Å². The van der Waals surface area contributed by atoms with Crippen molar-refractivity contribution in [1.29, 1.82) is 0 Å². The fraction of sp³-hybridized carbons (Fsp3) is 0.0833. The van der Waals surface area contributed by atoms with Crippen molar-refractivity contribution in [3.63, 3.8) is 0 Å². The highest BCUT2D eigenvalue weighted by molar-refractivity contribution is 9.10. The van der Waals surface area contributed by atoms with E-state index in [0.717, 1.165) is 37.8 Å². The molecule has 0 unspecified atom stereocenters. The van der Waals surface area contributed by atoms with E-state index in [-0.39, 0.29) is 0 Å². The second kappa shape index (κ2) is 7.92. The predicted octanol–water partition coefficient (Wildman–Crippen LogP) is 5.78. The SMILES string of the molecule is C/C(=N\Nc1nnc2c3cc(Br)ccc3n(C)c2n1)c1ccc(-c2ccccc2)cc1. The van der Waals surface area contributed by atoms with Gasteiger partial charge in [-0.05, 0) is 41.8 Å². The molecule has 0 amide bonds. The van der Waals surface area contributed by atoms with Gasteiger partial charge in [0.25, 0.3) is 5.95 Å². The van der Waals surface area contributed by atoms with Crippen LogP contribution in [0.4, 0.5) is 5.95 Å². The summed E-state index contributed by atoms with van der Waals surface area (Å²) in [6.45, 7) is 1.95. The lowest BCUT2D eigenvalue weighted by Gasteiger charge is -2.05. The van der Waals surface area contributed by atoms with Crippen LogP contribution in [0.5, 0.6) is 0 Å². The van der Waals surface area contributed by atoms with Crippen molar-refractivity contribution in [1.82, 2.24) is 19.7 Å². The molecule has 0 aliphatic heterocycles. The van der Waals surface area contributed by atoms with Crippen LogP contribution in [0.2, 0.25) is 0 Å². The number of aromatic nitrogens is 4. The molecule has 5 aromatic rings. The van der Waals surface area contributed by atoms with E-state index >= 15 is 0 Å². The number of anilines is 1. The lowest BCUT2D eigenvalue weighted by atomic mass is 10.0. The first-order valence-electron chi connectivity index (χ1n) is 9.85. The van der Waals surface area contributed by atoms with Crippen molar-refractivity contribution in [2.24, 2.45) is 12.1 Å². The Morgan fingerprint density at radius 1 is 0.935 bits per heavy atom. The third-order valence-corrected chi connectivity index (χ3v) is 5.79. The Morgan fingerprint density at radius 3 is 2.45 bits per heavy atom. The summed E-state index contributed by atoms with van der Waals surface area (Å²) in [6.07, 6.45) is 0. The maximum Gasteiger partial charge on any atom is 0.265 e. The average molecular weight is 471 g/mol. The number of hydrogen-bond acceptors (Lipinski definition) is 5. The van der Waals surface area contributed by atoms with Gasteiger partial charge in [-0.3, -0.25) is 0 Å². The Bertz CT molecular complexity index is 1420. The van der Waals surface area contributed by atoms with Gasteiger partial charge < -0.3 is 4.57 Å². The van der Waals surface area contributed by atoms with Crippen LogP contribution in [0.15, 0.2) is 82.4 Å². The van der Waals surface area contributed by atoms with Crippen molar-refractivity contribution < 1.29 is 0 Å². The van der Waals surface area contributed by atoms with Crippen LogP contribution in [-0.4, -0.2) is 25.5 Å². The van der Waals surface area contributed by atoms with Gasteiger partial charge in [-0.25, -0.2) is 5.43 Å². The number of nitrogens with zero attached hydrogens (tertiary/aromatic N) is 5. The second-order valence-electron chi connectivity index (χ2n) is 7.28. The topological polar surface area (TPSA) is 68.0 Å². The van der Waals surface area contributed by atoms with Crippen LogP contribution in [-0.2, 0) is 7.05 Å². The molecule has 0 radical (unpaired) electrons. The highest BCUT2D eigenvalue weighted by Crippen LogP contribution is 2.28. The van der Waals surface area contributed by atoms with E-state index in [1.807, 2.05) is 54.9 Å². The molecule has 31 heavy (non-hydrogen) atoms. The Kier molecular flexibility index (Phi) is 4.95. The minimum atomic E-state index is 0.359. The zero-order chi connectivity index (χ0) is 21.4. The molecular weight excluding hydrogens is 452 g/mol. The Balaban J connectivity index is 1.40. The quantitative estimate of drug-likeness (QED) is 0.267. The number of hydrazone groups is 1. The summed E-state index contributed by atoms with van der Waals surface area (Å²) >= 11 is 3.51. The fourth-order valence-electron chi connectivity index (χ4n) is 3.61. The monoisotopic (exact) mass is 470 g/mol. The molecule has 0 aliphatic rings. The smallest absolute Gasteiger partial charge is 0.265 e. The van der Waals surface area contributed by atoms with Crippen molar-refractivity contribution in [3.05, 3.63) is 82.8 Å². The summed E-state index contributed by atoms with van der Waals surface area (Å²) < 4.78 is 3.01. The molecule has 0 saturated heterocycles. The van der Waals surface area contributed by atoms with Gasteiger partial charge in [-0.1, -0.05) is 70.5 Å². The Morgan fingerprint density at radius 2 is 1.68 bits per heavy atom. The molecule has 0 saturated carbocycles. The van der Waals surface area contributed by atoms with E-state index in [2.05, 4.69) is 78.0 Å². The molecule has 1 N–H and O–H groups in total. The van der Waals surface area contributed by atoms with E-state index in [0.29, 0.717) is 5.95 Å². The van der Waals surface area contributed by atoms with Gasteiger partial charge in [-0.2, -0.15) is 10.1 Å². The standard InChI is InChI=1S/C24H19BrN6/c1-15(16-8-10-18(11-9-16)17-6-4-3-5-7-17)27-29-24-26-23-22(28-30-24)20-14-19(25)12-13-21(20)31(23)2/h3-14H,1-2H3,(H,26,29,30)/b27-15+. The maximum absolute atomic E-state index is 4.62. The van der Waals surface area contributed by atoms with Crippen molar-refractivity contribution in [2.45, 2.75) is 6.92 Å². The van der Waals surface area contributed by atoms with Crippen molar-refractivity contribution in [2.75, 3.05) is 5.43 Å². The molecule has 3 aromatic carbocycles. The number of halogens is 1. The third kappa shape index (κ3) is 3.68. The van der Waals surface area contributed by atoms with Gasteiger partial charge in [0.15, 0.2) is 5.65 Å². The molecule has 0 spiro atoms. The van der Waals surface area contributed by atoms with E-state index in [1.165, 1.54) is 11.1 Å². The van der Waals surface area contributed by atoms with Crippen LogP contribution in [0, 0.1) is 0 Å². The summed E-state index contributed by atoms with van der Waals surface area (Å²) in [5.74, 6) is 0.359. The van der Waals surface area contributed by atoms with E-state index in [9.17, 15) is 0 Å². The molecule has 0 aliphatic carbocycles. The average Bonchev–Trinajstić information content (AvgIpc) is 3.09. The molecule has 0 bridgehead atoms. The molecule has 2 heterocycles. The highest BCUT2D eigenvalue weighted by atomic mass is 79.9. The van der Waals surface area contributed by atoms with Gasteiger partial charge >= 0.3 is 0 Å². The normalized spacial score (nSPS) is 11.9.